The second-order valence-electron chi connectivity index (χ2n) is 8.46. The van der Waals surface area contributed by atoms with Crippen LogP contribution in [0.5, 0.6) is 5.75 Å². The van der Waals surface area contributed by atoms with Gasteiger partial charge in [0, 0.05) is 19.2 Å². The fourth-order valence-corrected chi connectivity index (χ4v) is 3.89. The van der Waals surface area contributed by atoms with Crippen molar-refractivity contribution in [2.45, 2.75) is 32.2 Å². The fourth-order valence-electron chi connectivity index (χ4n) is 3.89. The number of hydrogen-bond donors (Lipinski definition) is 1. The van der Waals surface area contributed by atoms with Crippen molar-refractivity contribution in [1.82, 2.24) is 10.2 Å². The second-order valence-corrected chi connectivity index (χ2v) is 8.46. The molecule has 0 radical (unpaired) electrons. The summed E-state index contributed by atoms with van der Waals surface area (Å²) in [5, 5.41) is 2.55. The molecule has 34 heavy (non-hydrogen) atoms. The summed E-state index contributed by atoms with van der Waals surface area (Å²) in [7, 11) is 1.58. The van der Waals surface area contributed by atoms with Gasteiger partial charge in [-0.3, -0.25) is 9.59 Å². The molecule has 0 unspecified atom stereocenters. The molecule has 0 spiro atoms. The third-order valence-corrected chi connectivity index (χ3v) is 5.93. The minimum absolute atomic E-state index is 0.204. The third-order valence-electron chi connectivity index (χ3n) is 5.93. The summed E-state index contributed by atoms with van der Waals surface area (Å²) < 4.78 is 10.2. The number of esters is 1. The summed E-state index contributed by atoms with van der Waals surface area (Å²) in [5.74, 6) is 0.00862. The van der Waals surface area contributed by atoms with Crippen molar-refractivity contribution in [2.75, 3.05) is 26.8 Å². The van der Waals surface area contributed by atoms with Gasteiger partial charge in [0.1, 0.15) is 11.8 Å². The van der Waals surface area contributed by atoms with Gasteiger partial charge in [-0.1, -0.05) is 42.5 Å². The van der Waals surface area contributed by atoms with E-state index in [-0.39, 0.29) is 12.5 Å². The molecule has 2 aromatic rings. The van der Waals surface area contributed by atoms with E-state index >= 15 is 0 Å². The molecular formula is C27H32N2O5. The highest BCUT2D eigenvalue weighted by molar-refractivity contribution is 5.94. The lowest BCUT2D eigenvalue weighted by molar-refractivity contribution is -0.154. The predicted molar refractivity (Wildman–Crippen MR) is 130 cm³/mol. The number of nitrogens with zero attached hydrogens (tertiary/aromatic N) is 1. The Balaban J connectivity index is 1.35. The molecule has 7 heteroatoms. The minimum Gasteiger partial charge on any atom is -0.497 e. The lowest BCUT2D eigenvalue weighted by atomic mass is 9.90. The van der Waals surface area contributed by atoms with Gasteiger partial charge in [0.25, 0.3) is 5.91 Å². The highest BCUT2D eigenvalue weighted by Gasteiger charge is 2.24. The molecule has 0 bridgehead atoms. The molecule has 7 nitrogen and oxygen atoms in total. The van der Waals surface area contributed by atoms with Crippen molar-refractivity contribution in [3.8, 4) is 5.75 Å². The van der Waals surface area contributed by atoms with Crippen molar-refractivity contribution in [3.63, 3.8) is 0 Å². The zero-order chi connectivity index (χ0) is 24.3. The standard InChI is InChI=1S/C27H32N2O5/c1-20(28-25(30)13-10-21-8-11-24(33-2)12-9-21)27(32)34-19-26(31)29-16-14-23(15-17-29)18-22-6-4-3-5-7-22/h3-13,20,23H,14-19H2,1-2H3,(H,28,30)/b13-10+/t20-/m0/s1. The van der Waals surface area contributed by atoms with Gasteiger partial charge in [0.05, 0.1) is 7.11 Å². The first-order valence-corrected chi connectivity index (χ1v) is 11.6. The molecule has 1 fully saturated rings. The van der Waals surface area contributed by atoms with Gasteiger partial charge in [-0.05, 0) is 61.4 Å². The van der Waals surface area contributed by atoms with Crippen LogP contribution in [0.25, 0.3) is 6.08 Å². The maximum Gasteiger partial charge on any atom is 0.328 e. The highest BCUT2D eigenvalue weighted by Crippen LogP contribution is 2.21. The SMILES string of the molecule is COc1ccc(/C=C/C(=O)N[C@@H](C)C(=O)OCC(=O)N2CCC(Cc3ccccc3)CC2)cc1. The Labute approximate surface area is 200 Å². The van der Waals surface area contributed by atoms with Gasteiger partial charge in [0.15, 0.2) is 6.61 Å². The average Bonchev–Trinajstić information content (AvgIpc) is 2.87. The maximum absolute atomic E-state index is 12.5. The number of methoxy groups -OCH3 is 1. The van der Waals surface area contributed by atoms with Crippen LogP contribution in [0.4, 0.5) is 0 Å². The van der Waals surface area contributed by atoms with Crippen LogP contribution in [-0.2, 0) is 25.5 Å². The smallest absolute Gasteiger partial charge is 0.328 e. The molecule has 1 aliphatic rings. The summed E-state index contributed by atoms with van der Waals surface area (Å²) in [6.45, 7) is 2.54. The number of benzene rings is 2. The number of carbonyl (C=O) groups is 3. The van der Waals surface area contributed by atoms with E-state index in [2.05, 4.69) is 17.4 Å². The summed E-state index contributed by atoms with van der Waals surface area (Å²) in [6.07, 6.45) is 5.86. The Morgan fingerprint density at radius 3 is 2.38 bits per heavy atom. The molecule has 1 N–H and O–H groups in total. The van der Waals surface area contributed by atoms with Crippen molar-refractivity contribution in [1.29, 1.82) is 0 Å². The number of likely N-dealkylation sites (tertiary alicyclic amines) is 1. The van der Waals surface area contributed by atoms with Gasteiger partial charge in [-0.2, -0.15) is 0 Å². The quantitative estimate of drug-likeness (QED) is 0.455. The Morgan fingerprint density at radius 2 is 1.74 bits per heavy atom. The van der Waals surface area contributed by atoms with Crippen molar-refractivity contribution in [2.24, 2.45) is 5.92 Å². The van der Waals surface area contributed by atoms with Gasteiger partial charge in [-0.25, -0.2) is 4.79 Å². The number of nitrogens with one attached hydrogen (secondary N) is 1. The molecule has 1 aliphatic heterocycles. The van der Waals surface area contributed by atoms with Gasteiger partial charge >= 0.3 is 5.97 Å². The average molecular weight is 465 g/mol. The molecule has 0 aliphatic carbocycles. The number of rotatable bonds is 9. The van der Waals surface area contributed by atoms with E-state index in [1.807, 2.05) is 30.3 Å². The fraction of sp³-hybridized carbons (Fsp3) is 0.370. The zero-order valence-electron chi connectivity index (χ0n) is 19.7. The van der Waals surface area contributed by atoms with Gasteiger partial charge < -0.3 is 19.7 Å². The van der Waals surface area contributed by atoms with Crippen molar-refractivity contribution >= 4 is 23.9 Å². The Bertz CT molecular complexity index is 980. The van der Waals surface area contributed by atoms with Crippen LogP contribution in [0, 0.1) is 5.92 Å². The number of piperidine rings is 1. The largest absolute Gasteiger partial charge is 0.497 e. The molecule has 0 saturated carbocycles. The Morgan fingerprint density at radius 1 is 1.06 bits per heavy atom. The van der Waals surface area contributed by atoms with E-state index in [1.165, 1.54) is 18.6 Å². The van der Waals surface area contributed by atoms with Crippen LogP contribution in [0.15, 0.2) is 60.7 Å². The lowest BCUT2D eigenvalue weighted by Crippen LogP contribution is -2.43. The summed E-state index contributed by atoms with van der Waals surface area (Å²) in [6, 6.07) is 16.7. The van der Waals surface area contributed by atoms with E-state index in [4.69, 9.17) is 9.47 Å². The van der Waals surface area contributed by atoms with Crippen LogP contribution >= 0.6 is 0 Å². The summed E-state index contributed by atoms with van der Waals surface area (Å²) in [5.41, 5.74) is 2.14. The van der Waals surface area contributed by atoms with Crippen molar-refractivity contribution < 1.29 is 23.9 Å². The molecule has 0 aromatic heterocycles. The number of carbonyl (C=O) groups excluding carboxylic acids is 3. The zero-order valence-corrected chi connectivity index (χ0v) is 19.7. The number of amides is 2. The third kappa shape index (κ3) is 7.76. The van der Waals surface area contributed by atoms with Crippen LogP contribution in [-0.4, -0.2) is 55.5 Å². The first-order valence-electron chi connectivity index (χ1n) is 11.6. The van der Waals surface area contributed by atoms with Gasteiger partial charge in [-0.15, -0.1) is 0 Å². The molecule has 1 atom stereocenters. The Kier molecular flexibility index (Phi) is 9.26. The van der Waals surface area contributed by atoms with Crippen molar-refractivity contribution in [3.05, 3.63) is 71.8 Å². The van der Waals surface area contributed by atoms with Crippen LogP contribution < -0.4 is 10.1 Å². The lowest BCUT2D eigenvalue weighted by Gasteiger charge is -2.32. The summed E-state index contributed by atoms with van der Waals surface area (Å²) >= 11 is 0. The second kappa shape index (κ2) is 12.6. The molecule has 2 amide bonds. The molecule has 1 saturated heterocycles. The predicted octanol–water partition coefficient (Wildman–Crippen LogP) is 3.24. The highest BCUT2D eigenvalue weighted by atomic mass is 16.5. The Hall–Kier alpha value is -3.61. The number of hydrogen-bond acceptors (Lipinski definition) is 5. The van der Waals surface area contributed by atoms with E-state index in [0.29, 0.717) is 19.0 Å². The van der Waals surface area contributed by atoms with E-state index in [0.717, 1.165) is 30.6 Å². The topological polar surface area (TPSA) is 84.9 Å². The number of ether oxygens (including phenoxy) is 2. The molecule has 180 valence electrons. The summed E-state index contributed by atoms with van der Waals surface area (Å²) in [4.78, 5) is 38.5. The molecule has 2 aromatic carbocycles. The van der Waals surface area contributed by atoms with E-state index in [1.54, 1.807) is 30.2 Å². The van der Waals surface area contributed by atoms with Crippen LogP contribution in [0.1, 0.15) is 30.9 Å². The first kappa shape index (κ1) is 25.0. The molecule has 3 rings (SSSR count). The van der Waals surface area contributed by atoms with Crippen LogP contribution in [0.3, 0.4) is 0 Å². The maximum atomic E-state index is 12.5. The monoisotopic (exact) mass is 464 g/mol. The van der Waals surface area contributed by atoms with Gasteiger partial charge in [0.2, 0.25) is 5.91 Å². The first-order chi connectivity index (χ1) is 16.4. The normalized spacial score (nSPS) is 15.1. The van der Waals surface area contributed by atoms with E-state index < -0.39 is 17.9 Å². The molecular weight excluding hydrogens is 432 g/mol. The van der Waals surface area contributed by atoms with Crippen LogP contribution in [0.2, 0.25) is 0 Å². The van der Waals surface area contributed by atoms with E-state index in [9.17, 15) is 14.4 Å². The minimum atomic E-state index is -0.863. The molecule has 1 heterocycles.